The predicted molar refractivity (Wildman–Crippen MR) is 112 cm³/mol. The Morgan fingerprint density at radius 1 is 1.21 bits per heavy atom. The molecule has 29 heavy (non-hydrogen) atoms. The van der Waals surface area contributed by atoms with Gasteiger partial charge in [-0.15, -0.1) is 0 Å². The lowest BCUT2D eigenvalue weighted by atomic mass is 10.1. The fourth-order valence-corrected chi connectivity index (χ4v) is 3.93. The number of hydrogen-bond donors (Lipinski definition) is 1. The minimum absolute atomic E-state index is 0.00673. The van der Waals surface area contributed by atoms with E-state index in [1.165, 1.54) is 0 Å². The van der Waals surface area contributed by atoms with Crippen molar-refractivity contribution in [1.82, 2.24) is 14.8 Å². The van der Waals surface area contributed by atoms with E-state index in [-0.39, 0.29) is 5.91 Å². The maximum atomic E-state index is 13.2. The van der Waals surface area contributed by atoms with Gasteiger partial charge in [-0.1, -0.05) is 12.1 Å². The Kier molecular flexibility index (Phi) is 6.27. The van der Waals surface area contributed by atoms with Crippen LogP contribution in [0, 0.1) is 0 Å². The fourth-order valence-electron chi connectivity index (χ4n) is 3.93. The maximum absolute atomic E-state index is 13.2. The number of hydrogen-bond acceptors (Lipinski definition) is 6. The molecule has 4 rings (SSSR count). The second-order valence-electron chi connectivity index (χ2n) is 7.45. The largest absolute Gasteiger partial charge is 0.495 e. The number of piperazine rings is 1. The van der Waals surface area contributed by atoms with Crippen LogP contribution in [-0.4, -0.2) is 73.2 Å². The highest BCUT2D eigenvalue weighted by atomic mass is 16.5. The van der Waals surface area contributed by atoms with Crippen LogP contribution in [-0.2, 0) is 4.74 Å². The monoisotopic (exact) mass is 396 g/mol. The van der Waals surface area contributed by atoms with E-state index in [9.17, 15) is 4.79 Å². The average Bonchev–Trinajstić information content (AvgIpc) is 3.28. The average molecular weight is 396 g/mol. The van der Waals surface area contributed by atoms with Crippen molar-refractivity contribution in [2.24, 2.45) is 0 Å². The zero-order chi connectivity index (χ0) is 20.1. The number of anilines is 2. The number of amides is 1. The molecule has 0 saturated carbocycles. The Hall–Kier alpha value is -2.64. The second-order valence-corrected chi connectivity index (χ2v) is 7.45. The van der Waals surface area contributed by atoms with E-state index in [0.29, 0.717) is 36.3 Å². The molecule has 2 aliphatic heterocycles. The molecule has 1 aromatic carbocycles. The number of methoxy groups -OCH3 is 1. The molecule has 2 saturated heterocycles. The number of carbonyl (C=O) groups excluding carboxylic acids is 1. The molecule has 2 aliphatic rings. The first-order valence-corrected chi connectivity index (χ1v) is 10.2. The van der Waals surface area contributed by atoms with Crippen LogP contribution in [0.1, 0.15) is 23.2 Å². The molecule has 0 bridgehead atoms. The Morgan fingerprint density at radius 2 is 2.03 bits per heavy atom. The van der Waals surface area contributed by atoms with Crippen molar-refractivity contribution in [3.63, 3.8) is 0 Å². The van der Waals surface area contributed by atoms with Crippen LogP contribution < -0.4 is 10.1 Å². The number of nitrogens with zero attached hydrogens (tertiary/aromatic N) is 3. The molecule has 7 nitrogen and oxygen atoms in total. The molecule has 0 spiro atoms. The van der Waals surface area contributed by atoms with Gasteiger partial charge in [-0.05, 0) is 37.1 Å². The molecule has 0 radical (unpaired) electrons. The zero-order valence-corrected chi connectivity index (χ0v) is 16.8. The molecule has 1 unspecified atom stereocenters. The SMILES string of the molecule is COc1ccccc1Nc1ncccc1C(=O)N1CCN(CC2CCCO2)CC1. The summed E-state index contributed by atoms with van der Waals surface area (Å²) in [5, 5.41) is 3.26. The van der Waals surface area contributed by atoms with Crippen LogP contribution in [0.5, 0.6) is 5.75 Å². The van der Waals surface area contributed by atoms with Gasteiger partial charge < -0.3 is 19.7 Å². The standard InChI is InChI=1S/C22H28N4O3/c1-28-20-9-3-2-8-19(20)24-21-18(7-4-10-23-21)22(27)26-13-11-25(12-14-26)16-17-6-5-15-29-17/h2-4,7-10,17H,5-6,11-16H2,1H3,(H,23,24). The fraction of sp³-hybridized carbons (Fsp3) is 0.455. The number of nitrogens with one attached hydrogen (secondary N) is 1. The van der Waals surface area contributed by atoms with E-state index in [4.69, 9.17) is 9.47 Å². The molecule has 1 atom stereocenters. The number of ether oxygens (including phenoxy) is 2. The van der Waals surface area contributed by atoms with Gasteiger partial charge in [0.2, 0.25) is 0 Å². The van der Waals surface area contributed by atoms with Gasteiger partial charge in [-0.25, -0.2) is 4.98 Å². The lowest BCUT2D eigenvalue weighted by Gasteiger charge is -2.35. The summed E-state index contributed by atoms with van der Waals surface area (Å²) in [6, 6.07) is 11.2. The van der Waals surface area contributed by atoms with Gasteiger partial charge in [0.05, 0.1) is 24.5 Å². The van der Waals surface area contributed by atoms with E-state index in [1.54, 1.807) is 19.4 Å². The van der Waals surface area contributed by atoms with Crippen molar-refractivity contribution < 1.29 is 14.3 Å². The highest BCUT2D eigenvalue weighted by Crippen LogP contribution is 2.28. The first-order valence-electron chi connectivity index (χ1n) is 10.2. The summed E-state index contributed by atoms with van der Waals surface area (Å²) in [5.74, 6) is 1.26. The van der Waals surface area contributed by atoms with E-state index < -0.39 is 0 Å². The summed E-state index contributed by atoms with van der Waals surface area (Å²) < 4.78 is 11.1. The lowest BCUT2D eigenvalue weighted by Crippen LogP contribution is -2.50. The first-order chi connectivity index (χ1) is 14.2. The van der Waals surface area contributed by atoms with Crippen molar-refractivity contribution in [1.29, 1.82) is 0 Å². The minimum Gasteiger partial charge on any atom is -0.495 e. The van der Waals surface area contributed by atoms with Crippen LogP contribution in [0.25, 0.3) is 0 Å². The Labute approximate surface area is 171 Å². The van der Waals surface area contributed by atoms with Crippen LogP contribution in [0.15, 0.2) is 42.6 Å². The Bertz CT molecular complexity index is 830. The summed E-state index contributed by atoms with van der Waals surface area (Å²) in [6.45, 7) is 5.03. The van der Waals surface area contributed by atoms with Gasteiger partial charge in [0, 0.05) is 45.5 Å². The third-order valence-electron chi connectivity index (χ3n) is 5.54. The molecule has 154 valence electrons. The van der Waals surface area contributed by atoms with Crippen molar-refractivity contribution in [3.8, 4) is 5.75 Å². The van der Waals surface area contributed by atoms with Crippen LogP contribution in [0.4, 0.5) is 11.5 Å². The van der Waals surface area contributed by atoms with E-state index in [0.717, 1.165) is 44.8 Å². The highest BCUT2D eigenvalue weighted by molar-refractivity contribution is 5.99. The van der Waals surface area contributed by atoms with Gasteiger partial charge in [0.15, 0.2) is 0 Å². The molecule has 1 aromatic heterocycles. The van der Waals surface area contributed by atoms with Gasteiger partial charge in [-0.2, -0.15) is 0 Å². The molecule has 7 heteroatoms. The van der Waals surface area contributed by atoms with Crippen LogP contribution >= 0.6 is 0 Å². The minimum atomic E-state index is 0.00673. The third-order valence-corrected chi connectivity index (χ3v) is 5.54. The van der Waals surface area contributed by atoms with Gasteiger partial charge in [0.25, 0.3) is 5.91 Å². The first kappa shape index (κ1) is 19.7. The lowest BCUT2D eigenvalue weighted by molar-refractivity contribution is 0.0433. The maximum Gasteiger partial charge on any atom is 0.257 e. The molecule has 2 fully saturated rings. The summed E-state index contributed by atoms with van der Waals surface area (Å²) in [5.41, 5.74) is 1.36. The van der Waals surface area contributed by atoms with Crippen molar-refractivity contribution in [3.05, 3.63) is 48.2 Å². The van der Waals surface area contributed by atoms with Crippen LogP contribution in [0.3, 0.4) is 0 Å². The molecular formula is C22H28N4O3. The number of rotatable bonds is 6. The summed E-state index contributed by atoms with van der Waals surface area (Å²) in [6.07, 6.45) is 4.35. The van der Waals surface area contributed by atoms with Gasteiger partial charge >= 0.3 is 0 Å². The van der Waals surface area contributed by atoms with Crippen molar-refractivity contribution >= 4 is 17.4 Å². The molecule has 0 aliphatic carbocycles. The Morgan fingerprint density at radius 3 is 2.79 bits per heavy atom. The molecule has 2 aromatic rings. The molecule has 1 N–H and O–H groups in total. The summed E-state index contributed by atoms with van der Waals surface area (Å²) in [4.78, 5) is 21.9. The number of pyridine rings is 1. The number of benzene rings is 1. The number of para-hydroxylation sites is 2. The van der Waals surface area contributed by atoms with Crippen molar-refractivity contribution in [2.75, 3.05) is 51.8 Å². The zero-order valence-electron chi connectivity index (χ0n) is 16.8. The summed E-state index contributed by atoms with van der Waals surface area (Å²) >= 11 is 0. The van der Waals surface area contributed by atoms with Gasteiger partial charge in [-0.3, -0.25) is 9.69 Å². The number of aromatic nitrogens is 1. The molecule has 3 heterocycles. The quantitative estimate of drug-likeness (QED) is 0.810. The topological polar surface area (TPSA) is 66.9 Å². The Balaban J connectivity index is 1.41. The smallest absolute Gasteiger partial charge is 0.257 e. The molecule has 1 amide bonds. The normalized spacial score (nSPS) is 19.9. The highest BCUT2D eigenvalue weighted by Gasteiger charge is 2.26. The second kappa shape index (κ2) is 9.24. The van der Waals surface area contributed by atoms with Gasteiger partial charge in [0.1, 0.15) is 11.6 Å². The summed E-state index contributed by atoms with van der Waals surface area (Å²) in [7, 11) is 1.63. The number of carbonyl (C=O) groups is 1. The van der Waals surface area contributed by atoms with E-state index in [2.05, 4.69) is 15.2 Å². The predicted octanol–water partition coefficient (Wildman–Crippen LogP) is 2.77. The third kappa shape index (κ3) is 4.68. The van der Waals surface area contributed by atoms with Crippen molar-refractivity contribution in [2.45, 2.75) is 18.9 Å². The van der Waals surface area contributed by atoms with Crippen LogP contribution in [0.2, 0.25) is 0 Å². The van der Waals surface area contributed by atoms with E-state index >= 15 is 0 Å². The van der Waals surface area contributed by atoms with E-state index in [1.807, 2.05) is 35.2 Å². The molecular weight excluding hydrogens is 368 g/mol.